The summed E-state index contributed by atoms with van der Waals surface area (Å²) < 4.78 is 33.4. The maximum atomic E-state index is 14.3. The van der Waals surface area contributed by atoms with Gasteiger partial charge in [0.05, 0.1) is 6.10 Å². The van der Waals surface area contributed by atoms with E-state index >= 15 is 0 Å². The van der Waals surface area contributed by atoms with E-state index < -0.39 is 11.6 Å². The molecule has 0 aliphatic heterocycles. The number of rotatable bonds is 9. The van der Waals surface area contributed by atoms with Crippen LogP contribution in [0.1, 0.15) is 32.0 Å². The number of aliphatic hydroxyl groups excluding tert-OH is 1. The zero-order valence-corrected chi connectivity index (χ0v) is 14.7. The molecule has 0 spiro atoms. The Balaban J connectivity index is 2.07. The molecule has 6 heteroatoms. The van der Waals surface area contributed by atoms with Crippen molar-refractivity contribution in [2.24, 2.45) is 0 Å². The highest BCUT2D eigenvalue weighted by Crippen LogP contribution is 2.29. The van der Waals surface area contributed by atoms with E-state index in [-0.39, 0.29) is 24.0 Å². The number of hydrogen-bond acceptors (Lipinski definition) is 4. The molecule has 0 bridgehead atoms. The number of halogens is 2. The second-order valence-electron chi connectivity index (χ2n) is 5.85. The molecule has 1 aromatic heterocycles. The average Bonchev–Trinajstić information content (AvgIpc) is 2.63. The first-order valence-electron chi connectivity index (χ1n) is 8.41. The third kappa shape index (κ3) is 5.46. The molecule has 1 heterocycles. The molecule has 2 aromatic rings. The van der Waals surface area contributed by atoms with Gasteiger partial charge >= 0.3 is 0 Å². The summed E-state index contributed by atoms with van der Waals surface area (Å²) in [7, 11) is 0. The van der Waals surface area contributed by atoms with Crippen LogP contribution < -0.4 is 4.74 Å². The molecule has 0 aliphatic carbocycles. The van der Waals surface area contributed by atoms with Gasteiger partial charge in [-0.15, -0.1) is 0 Å². The number of hydrogen-bond donors (Lipinski definition) is 1. The standard InChI is InChI=1S/C20H22F2N2O2/c1-3-11-26-17-10-9-16(19(21)20(17)22)15-12-23-18(24-13-15)8-6-4-5-7-14(2)25/h3,6,8-10,12-14,25H,1,4-5,7,11H2,2H3. The van der Waals surface area contributed by atoms with E-state index in [1.165, 1.54) is 30.6 Å². The van der Waals surface area contributed by atoms with Crippen molar-refractivity contribution in [3.8, 4) is 16.9 Å². The van der Waals surface area contributed by atoms with Crippen molar-refractivity contribution < 1.29 is 18.6 Å². The van der Waals surface area contributed by atoms with Gasteiger partial charge in [-0.2, -0.15) is 4.39 Å². The molecule has 26 heavy (non-hydrogen) atoms. The highest BCUT2D eigenvalue weighted by Gasteiger charge is 2.16. The molecule has 0 saturated heterocycles. The molecular weight excluding hydrogens is 338 g/mol. The molecule has 1 N–H and O–H groups in total. The minimum atomic E-state index is -1.05. The number of aliphatic hydroxyl groups is 1. The Morgan fingerprint density at radius 2 is 1.96 bits per heavy atom. The summed E-state index contributed by atoms with van der Waals surface area (Å²) in [6.07, 6.45) is 10.1. The summed E-state index contributed by atoms with van der Waals surface area (Å²) in [5.41, 5.74) is 0.448. The first-order valence-corrected chi connectivity index (χ1v) is 8.41. The van der Waals surface area contributed by atoms with Gasteiger partial charge in [0.1, 0.15) is 6.61 Å². The zero-order valence-electron chi connectivity index (χ0n) is 14.7. The molecule has 2 rings (SSSR count). The smallest absolute Gasteiger partial charge is 0.201 e. The van der Waals surface area contributed by atoms with E-state index in [9.17, 15) is 13.9 Å². The van der Waals surface area contributed by atoms with Gasteiger partial charge in [0.15, 0.2) is 17.4 Å². The van der Waals surface area contributed by atoms with Crippen LogP contribution in [0.5, 0.6) is 5.75 Å². The summed E-state index contributed by atoms with van der Waals surface area (Å²) in [5, 5.41) is 9.19. The Hall–Kier alpha value is -2.60. The SMILES string of the molecule is C=CCOc1ccc(-c2cnc(C=CCCCC(C)O)nc2)c(F)c1F. The first kappa shape index (κ1) is 19.7. The fraction of sp³-hybridized carbons (Fsp3) is 0.300. The maximum Gasteiger partial charge on any atom is 0.201 e. The van der Waals surface area contributed by atoms with Crippen LogP contribution in [0.25, 0.3) is 17.2 Å². The van der Waals surface area contributed by atoms with Crippen LogP contribution in [0.4, 0.5) is 8.78 Å². The number of aromatic nitrogens is 2. The first-order chi connectivity index (χ1) is 12.5. The summed E-state index contributed by atoms with van der Waals surface area (Å²) in [5.74, 6) is -1.73. The zero-order chi connectivity index (χ0) is 18.9. The molecule has 0 saturated carbocycles. The lowest BCUT2D eigenvalue weighted by molar-refractivity contribution is 0.182. The lowest BCUT2D eigenvalue weighted by Crippen LogP contribution is -2.00. The van der Waals surface area contributed by atoms with E-state index in [0.717, 1.165) is 19.3 Å². The van der Waals surface area contributed by atoms with Crippen molar-refractivity contribution in [3.63, 3.8) is 0 Å². The summed E-state index contributed by atoms with van der Waals surface area (Å²) >= 11 is 0. The molecule has 4 nitrogen and oxygen atoms in total. The summed E-state index contributed by atoms with van der Waals surface area (Å²) in [4.78, 5) is 8.30. The predicted molar refractivity (Wildman–Crippen MR) is 97.6 cm³/mol. The fourth-order valence-electron chi connectivity index (χ4n) is 2.30. The second kappa shape index (κ2) is 9.77. The molecule has 1 aromatic carbocycles. The molecular formula is C20H22F2N2O2. The van der Waals surface area contributed by atoms with Crippen molar-refractivity contribution in [3.05, 3.63) is 60.7 Å². The molecule has 0 fully saturated rings. The van der Waals surface area contributed by atoms with Gasteiger partial charge in [0.2, 0.25) is 5.82 Å². The number of benzene rings is 1. The van der Waals surface area contributed by atoms with Gasteiger partial charge in [-0.05, 0) is 44.4 Å². The van der Waals surface area contributed by atoms with Crippen molar-refractivity contribution in [2.45, 2.75) is 32.3 Å². The van der Waals surface area contributed by atoms with Crippen molar-refractivity contribution in [1.82, 2.24) is 9.97 Å². The van der Waals surface area contributed by atoms with Gasteiger partial charge in [0.25, 0.3) is 0 Å². The van der Waals surface area contributed by atoms with Crippen molar-refractivity contribution >= 4 is 6.08 Å². The Morgan fingerprint density at radius 1 is 1.23 bits per heavy atom. The van der Waals surface area contributed by atoms with Crippen LogP contribution in [0, 0.1) is 11.6 Å². The van der Waals surface area contributed by atoms with Gasteiger partial charge in [-0.3, -0.25) is 0 Å². The minimum Gasteiger partial charge on any atom is -0.486 e. The Labute approximate surface area is 151 Å². The van der Waals surface area contributed by atoms with E-state index in [1.807, 2.05) is 6.08 Å². The highest BCUT2D eigenvalue weighted by molar-refractivity contribution is 5.64. The van der Waals surface area contributed by atoms with Gasteiger partial charge in [-0.1, -0.05) is 18.7 Å². The molecule has 1 atom stereocenters. The quantitative estimate of drug-likeness (QED) is 0.526. The van der Waals surface area contributed by atoms with Crippen LogP contribution in [0.15, 0.2) is 43.3 Å². The van der Waals surface area contributed by atoms with E-state index in [2.05, 4.69) is 16.5 Å². The van der Waals surface area contributed by atoms with Crippen molar-refractivity contribution in [2.75, 3.05) is 6.61 Å². The Morgan fingerprint density at radius 3 is 2.62 bits per heavy atom. The third-order valence-corrected chi connectivity index (χ3v) is 3.65. The fourth-order valence-corrected chi connectivity index (χ4v) is 2.30. The number of nitrogens with zero attached hydrogens (tertiary/aromatic N) is 2. The largest absolute Gasteiger partial charge is 0.486 e. The van der Waals surface area contributed by atoms with Crippen LogP contribution in [0.2, 0.25) is 0 Å². The minimum absolute atomic E-state index is 0.0703. The summed E-state index contributed by atoms with van der Waals surface area (Å²) in [6.45, 7) is 5.32. The Kier molecular flexibility index (Phi) is 7.41. The van der Waals surface area contributed by atoms with E-state index in [0.29, 0.717) is 11.4 Å². The van der Waals surface area contributed by atoms with Crippen LogP contribution >= 0.6 is 0 Å². The number of allylic oxidation sites excluding steroid dienone is 1. The van der Waals surface area contributed by atoms with Crippen LogP contribution in [0.3, 0.4) is 0 Å². The predicted octanol–water partition coefficient (Wildman–Crippen LogP) is 4.55. The number of ether oxygens (including phenoxy) is 1. The van der Waals surface area contributed by atoms with E-state index in [4.69, 9.17) is 4.74 Å². The highest BCUT2D eigenvalue weighted by atomic mass is 19.2. The van der Waals surface area contributed by atoms with Gasteiger partial charge in [-0.25, -0.2) is 14.4 Å². The van der Waals surface area contributed by atoms with E-state index in [1.54, 1.807) is 13.0 Å². The van der Waals surface area contributed by atoms with Crippen LogP contribution in [-0.2, 0) is 0 Å². The lowest BCUT2D eigenvalue weighted by Gasteiger charge is -2.09. The maximum absolute atomic E-state index is 14.3. The molecule has 138 valence electrons. The Bertz CT molecular complexity index is 759. The van der Waals surface area contributed by atoms with Gasteiger partial charge < -0.3 is 9.84 Å². The number of unbranched alkanes of at least 4 members (excludes halogenated alkanes) is 1. The average molecular weight is 360 g/mol. The lowest BCUT2D eigenvalue weighted by atomic mass is 10.1. The molecule has 1 unspecified atom stereocenters. The monoisotopic (exact) mass is 360 g/mol. The topological polar surface area (TPSA) is 55.2 Å². The second-order valence-corrected chi connectivity index (χ2v) is 5.85. The normalized spacial score (nSPS) is 12.3. The summed E-state index contributed by atoms with van der Waals surface area (Å²) in [6, 6.07) is 2.80. The molecule has 0 aliphatic rings. The molecule has 0 radical (unpaired) electrons. The van der Waals surface area contributed by atoms with Crippen molar-refractivity contribution in [1.29, 1.82) is 0 Å². The van der Waals surface area contributed by atoms with Crippen LogP contribution in [-0.4, -0.2) is 27.8 Å². The molecule has 0 amide bonds. The van der Waals surface area contributed by atoms with Gasteiger partial charge in [0, 0.05) is 23.5 Å². The third-order valence-electron chi connectivity index (χ3n) is 3.65.